The van der Waals surface area contributed by atoms with Crippen LogP contribution < -0.4 is 16.4 Å². The summed E-state index contributed by atoms with van der Waals surface area (Å²) < 4.78 is 0. The standard InChI is InChI=1S/C22H32N4O3/c1-16(27)25-22(13-6-2-3-7-14-22)21(23)26-29-15-20(28)24-19-12-8-10-17-9-4-5-11-18(17)19/h4-5,9,11,19H,2-3,6-8,10,12-15H2,1H3,(H2,23,26)(H,24,28)(H,25,27)/t19-/m1/s1. The Hall–Kier alpha value is -2.57. The van der Waals surface area contributed by atoms with Crippen LogP contribution in [-0.4, -0.2) is 29.8 Å². The van der Waals surface area contributed by atoms with E-state index < -0.39 is 5.54 Å². The van der Waals surface area contributed by atoms with E-state index in [1.54, 1.807) is 0 Å². The van der Waals surface area contributed by atoms with E-state index in [1.807, 2.05) is 12.1 Å². The molecule has 0 heterocycles. The maximum Gasteiger partial charge on any atom is 0.261 e. The third-order valence-electron chi connectivity index (χ3n) is 5.93. The smallest absolute Gasteiger partial charge is 0.261 e. The van der Waals surface area contributed by atoms with Gasteiger partial charge in [-0.2, -0.15) is 0 Å². The first-order chi connectivity index (χ1) is 14.0. The maximum atomic E-state index is 12.4. The van der Waals surface area contributed by atoms with Crippen molar-refractivity contribution in [3.63, 3.8) is 0 Å². The molecule has 1 aromatic rings. The predicted octanol–water partition coefficient (Wildman–Crippen LogP) is 2.70. The van der Waals surface area contributed by atoms with Crippen LogP contribution in [0, 0.1) is 0 Å². The van der Waals surface area contributed by atoms with Crippen molar-refractivity contribution in [2.75, 3.05) is 6.61 Å². The Morgan fingerprint density at radius 3 is 2.62 bits per heavy atom. The molecule has 1 fully saturated rings. The second kappa shape index (κ2) is 9.76. The lowest BCUT2D eigenvalue weighted by atomic mass is 9.88. The summed E-state index contributed by atoms with van der Waals surface area (Å²) in [5.74, 6) is -0.123. The van der Waals surface area contributed by atoms with Gasteiger partial charge < -0.3 is 21.2 Å². The molecule has 0 spiro atoms. The Kier molecular flexibility index (Phi) is 7.12. The molecule has 7 heteroatoms. The van der Waals surface area contributed by atoms with Crippen molar-refractivity contribution in [2.24, 2.45) is 10.9 Å². The summed E-state index contributed by atoms with van der Waals surface area (Å²) in [4.78, 5) is 29.4. The number of amides is 2. The monoisotopic (exact) mass is 400 g/mol. The van der Waals surface area contributed by atoms with Gasteiger partial charge in [-0.25, -0.2) is 0 Å². The first-order valence-corrected chi connectivity index (χ1v) is 10.6. The number of rotatable bonds is 6. The molecule has 158 valence electrons. The summed E-state index contributed by atoms with van der Waals surface area (Å²) in [7, 11) is 0. The highest BCUT2D eigenvalue weighted by atomic mass is 16.6. The fourth-order valence-corrected chi connectivity index (χ4v) is 4.50. The summed E-state index contributed by atoms with van der Waals surface area (Å²) in [6.07, 6.45) is 8.64. The van der Waals surface area contributed by atoms with Crippen molar-refractivity contribution in [3.8, 4) is 0 Å². The fourth-order valence-electron chi connectivity index (χ4n) is 4.50. The van der Waals surface area contributed by atoms with E-state index in [1.165, 1.54) is 18.1 Å². The van der Waals surface area contributed by atoms with Gasteiger partial charge in [0.25, 0.3) is 5.91 Å². The normalized spacial score (nSPS) is 21.4. The molecule has 1 atom stereocenters. The number of oxime groups is 1. The Bertz CT molecular complexity index is 754. The molecule has 0 bridgehead atoms. The molecular formula is C22H32N4O3. The van der Waals surface area contributed by atoms with Crippen LogP contribution in [0.5, 0.6) is 0 Å². The van der Waals surface area contributed by atoms with Crippen molar-refractivity contribution in [3.05, 3.63) is 35.4 Å². The highest BCUT2D eigenvalue weighted by molar-refractivity contribution is 5.93. The first kappa shape index (κ1) is 21.1. The fraction of sp³-hybridized carbons (Fsp3) is 0.591. The van der Waals surface area contributed by atoms with E-state index in [9.17, 15) is 9.59 Å². The highest BCUT2D eigenvalue weighted by Gasteiger charge is 2.36. The van der Waals surface area contributed by atoms with Crippen LogP contribution in [0.2, 0.25) is 0 Å². The van der Waals surface area contributed by atoms with Crippen molar-refractivity contribution >= 4 is 17.6 Å². The van der Waals surface area contributed by atoms with Gasteiger partial charge in [0.1, 0.15) is 5.54 Å². The van der Waals surface area contributed by atoms with Crippen LogP contribution in [0.15, 0.2) is 29.4 Å². The third-order valence-corrected chi connectivity index (χ3v) is 5.93. The minimum absolute atomic E-state index is 0.00459. The Morgan fingerprint density at radius 2 is 1.90 bits per heavy atom. The average molecular weight is 401 g/mol. The number of nitrogens with zero attached hydrogens (tertiary/aromatic N) is 1. The van der Waals surface area contributed by atoms with Gasteiger partial charge in [-0.15, -0.1) is 0 Å². The number of carbonyl (C=O) groups is 2. The number of nitrogens with one attached hydrogen (secondary N) is 2. The molecule has 0 radical (unpaired) electrons. The number of carbonyl (C=O) groups excluding carboxylic acids is 2. The van der Waals surface area contributed by atoms with Gasteiger partial charge >= 0.3 is 0 Å². The summed E-state index contributed by atoms with van der Waals surface area (Å²) in [6, 6.07) is 8.22. The molecule has 0 saturated heterocycles. The second-order valence-corrected chi connectivity index (χ2v) is 8.14. The quantitative estimate of drug-likeness (QED) is 0.295. The minimum Gasteiger partial charge on any atom is -0.384 e. The lowest BCUT2D eigenvalue weighted by Crippen LogP contribution is -2.57. The van der Waals surface area contributed by atoms with Gasteiger partial charge in [-0.3, -0.25) is 9.59 Å². The van der Waals surface area contributed by atoms with E-state index in [0.717, 1.165) is 57.8 Å². The molecule has 2 aliphatic rings. The Labute approximate surface area is 172 Å². The molecule has 0 unspecified atom stereocenters. The van der Waals surface area contributed by atoms with Gasteiger partial charge in [0.15, 0.2) is 12.4 Å². The number of nitrogens with two attached hydrogens (primary N) is 1. The average Bonchev–Trinajstić information content (AvgIpc) is 2.94. The first-order valence-electron chi connectivity index (χ1n) is 10.6. The van der Waals surface area contributed by atoms with E-state index >= 15 is 0 Å². The lowest BCUT2D eigenvalue weighted by Gasteiger charge is -2.32. The van der Waals surface area contributed by atoms with Crippen LogP contribution in [-0.2, 0) is 20.8 Å². The summed E-state index contributed by atoms with van der Waals surface area (Å²) in [6.45, 7) is 1.28. The maximum absolute atomic E-state index is 12.4. The van der Waals surface area contributed by atoms with Crippen molar-refractivity contribution in [1.29, 1.82) is 0 Å². The minimum atomic E-state index is -0.679. The van der Waals surface area contributed by atoms with Crippen molar-refractivity contribution < 1.29 is 14.4 Å². The van der Waals surface area contributed by atoms with Crippen LogP contribution >= 0.6 is 0 Å². The SMILES string of the molecule is CC(=O)NC1(/C(N)=N\OCC(=O)N[C@@H]2CCCc3ccccc32)CCCCCC1. The van der Waals surface area contributed by atoms with E-state index in [-0.39, 0.29) is 30.3 Å². The van der Waals surface area contributed by atoms with Crippen molar-refractivity contribution in [1.82, 2.24) is 10.6 Å². The molecule has 4 N–H and O–H groups in total. The number of aryl methyl sites for hydroxylation is 1. The molecule has 2 aliphatic carbocycles. The molecule has 29 heavy (non-hydrogen) atoms. The van der Waals surface area contributed by atoms with Crippen LogP contribution in [0.1, 0.15) is 75.5 Å². The van der Waals surface area contributed by atoms with Gasteiger partial charge in [0.2, 0.25) is 5.91 Å². The summed E-state index contributed by atoms with van der Waals surface area (Å²) >= 11 is 0. The second-order valence-electron chi connectivity index (χ2n) is 8.14. The van der Waals surface area contributed by atoms with Crippen LogP contribution in [0.25, 0.3) is 0 Å². The zero-order valence-corrected chi connectivity index (χ0v) is 17.2. The Balaban J connectivity index is 1.58. The molecule has 1 saturated carbocycles. The molecule has 2 amide bonds. The number of benzene rings is 1. The van der Waals surface area contributed by atoms with Gasteiger partial charge in [0, 0.05) is 6.92 Å². The predicted molar refractivity (Wildman–Crippen MR) is 112 cm³/mol. The van der Waals surface area contributed by atoms with E-state index in [0.29, 0.717) is 0 Å². The topological polar surface area (TPSA) is 106 Å². The van der Waals surface area contributed by atoms with Gasteiger partial charge in [0.05, 0.1) is 6.04 Å². The van der Waals surface area contributed by atoms with Gasteiger partial charge in [-0.05, 0) is 43.2 Å². The largest absolute Gasteiger partial charge is 0.384 e. The molecule has 1 aromatic carbocycles. The zero-order valence-electron chi connectivity index (χ0n) is 17.2. The zero-order chi connectivity index (χ0) is 20.7. The molecule has 3 rings (SSSR count). The number of hydrogen-bond donors (Lipinski definition) is 3. The highest BCUT2D eigenvalue weighted by Crippen LogP contribution is 2.29. The molecule has 0 aliphatic heterocycles. The molecule has 0 aromatic heterocycles. The van der Waals surface area contributed by atoms with E-state index in [2.05, 4.69) is 27.9 Å². The molecular weight excluding hydrogens is 368 g/mol. The number of amidine groups is 1. The number of hydrogen-bond acceptors (Lipinski definition) is 4. The van der Waals surface area contributed by atoms with Crippen LogP contribution in [0.3, 0.4) is 0 Å². The van der Waals surface area contributed by atoms with Crippen molar-refractivity contribution in [2.45, 2.75) is 76.3 Å². The lowest BCUT2D eigenvalue weighted by molar-refractivity contribution is -0.126. The van der Waals surface area contributed by atoms with E-state index in [4.69, 9.17) is 10.6 Å². The summed E-state index contributed by atoms with van der Waals surface area (Å²) in [5.41, 5.74) is 8.00. The number of fused-ring (bicyclic) bond motifs is 1. The summed E-state index contributed by atoms with van der Waals surface area (Å²) in [5, 5.41) is 10.0. The van der Waals surface area contributed by atoms with Gasteiger partial charge in [-0.1, -0.05) is 55.1 Å². The third kappa shape index (κ3) is 5.49. The van der Waals surface area contributed by atoms with Crippen LogP contribution in [0.4, 0.5) is 0 Å². The Morgan fingerprint density at radius 1 is 1.17 bits per heavy atom. The molecule has 7 nitrogen and oxygen atoms in total.